The average molecular weight is 285 g/mol. The van der Waals surface area contributed by atoms with E-state index in [0.717, 1.165) is 10.8 Å². The lowest BCUT2D eigenvalue weighted by molar-refractivity contribution is -0.641. The Balaban J connectivity index is 0.00000147. The van der Waals surface area contributed by atoms with Gasteiger partial charge in [0.1, 0.15) is 0 Å². The molecule has 3 aromatic rings. The molecule has 0 atom stereocenters. The summed E-state index contributed by atoms with van der Waals surface area (Å²) in [7, 11) is 0. The first-order chi connectivity index (χ1) is 9.34. The third-order valence-corrected chi connectivity index (χ3v) is 2.98. The van der Waals surface area contributed by atoms with Crippen molar-refractivity contribution in [1.29, 1.82) is 0 Å². The normalized spacial score (nSPS) is 9.80. The summed E-state index contributed by atoms with van der Waals surface area (Å²) in [5, 5.41) is 2.02. The number of benzene rings is 2. The lowest BCUT2D eigenvalue weighted by Gasteiger charge is -2.04. The van der Waals surface area contributed by atoms with Crippen LogP contribution in [-0.4, -0.2) is 5.91 Å². The first-order valence-corrected chi connectivity index (χ1v) is 6.10. The van der Waals surface area contributed by atoms with E-state index in [9.17, 15) is 4.79 Å². The number of pyridine rings is 1. The van der Waals surface area contributed by atoms with Crippen molar-refractivity contribution in [2.75, 3.05) is 5.43 Å². The Kier molecular flexibility index (Phi) is 4.33. The van der Waals surface area contributed by atoms with Crippen molar-refractivity contribution in [3.05, 3.63) is 78.6 Å². The molecule has 0 radical (unpaired) electrons. The minimum absolute atomic E-state index is 0. The summed E-state index contributed by atoms with van der Waals surface area (Å²) < 4.78 is 1.64. The summed E-state index contributed by atoms with van der Waals surface area (Å²) in [5.74, 6) is -0.118. The SMILES string of the molecule is O=C(N[n+]1ccccc1)c1cccc2ccccc12.[Cl-]. The van der Waals surface area contributed by atoms with Gasteiger partial charge in [-0.05, 0) is 16.8 Å². The van der Waals surface area contributed by atoms with Gasteiger partial charge < -0.3 is 12.4 Å². The van der Waals surface area contributed by atoms with Crippen molar-refractivity contribution >= 4 is 16.7 Å². The van der Waals surface area contributed by atoms with Gasteiger partial charge in [0.2, 0.25) is 0 Å². The van der Waals surface area contributed by atoms with Crippen LogP contribution >= 0.6 is 0 Å². The Morgan fingerprint density at radius 1 is 0.850 bits per heavy atom. The number of aromatic nitrogens is 1. The summed E-state index contributed by atoms with van der Waals surface area (Å²) in [6, 6.07) is 19.2. The van der Waals surface area contributed by atoms with Crippen LogP contribution in [-0.2, 0) is 0 Å². The smallest absolute Gasteiger partial charge is 0.306 e. The van der Waals surface area contributed by atoms with E-state index in [1.54, 1.807) is 17.1 Å². The number of carbonyl (C=O) groups is 1. The van der Waals surface area contributed by atoms with Crippen LogP contribution < -0.4 is 22.5 Å². The first kappa shape index (κ1) is 14.0. The molecule has 20 heavy (non-hydrogen) atoms. The molecule has 3 nitrogen and oxygen atoms in total. The maximum absolute atomic E-state index is 12.3. The highest BCUT2D eigenvalue weighted by molar-refractivity contribution is 6.09. The lowest BCUT2D eigenvalue weighted by Crippen LogP contribution is -3.00. The standard InChI is InChI=1S/C16H12N2O.ClH/c19-16(17-18-11-4-1-5-12-18)15-10-6-8-13-7-2-3-9-14(13)15;/h1-12H;1H. The molecule has 2 aromatic carbocycles. The zero-order chi connectivity index (χ0) is 13.1. The number of halogens is 1. The predicted molar refractivity (Wildman–Crippen MR) is 74.3 cm³/mol. The molecular weight excluding hydrogens is 272 g/mol. The minimum atomic E-state index is -0.118. The van der Waals surface area contributed by atoms with Crippen LogP contribution in [0.4, 0.5) is 0 Å². The summed E-state index contributed by atoms with van der Waals surface area (Å²) in [4.78, 5) is 12.3. The molecule has 4 heteroatoms. The molecule has 0 saturated heterocycles. The third kappa shape index (κ3) is 2.78. The van der Waals surface area contributed by atoms with Gasteiger partial charge >= 0.3 is 5.91 Å². The van der Waals surface area contributed by atoms with E-state index >= 15 is 0 Å². The molecule has 1 heterocycles. The Labute approximate surface area is 123 Å². The van der Waals surface area contributed by atoms with Gasteiger partial charge in [0, 0.05) is 12.1 Å². The maximum atomic E-state index is 12.3. The van der Waals surface area contributed by atoms with Gasteiger partial charge in [-0.3, -0.25) is 4.79 Å². The molecule has 0 aliphatic heterocycles. The number of hydrogen-bond donors (Lipinski definition) is 1. The predicted octanol–water partition coefficient (Wildman–Crippen LogP) is -0.485. The summed E-state index contributed by atoms with van der Waals surface area (Å²) in [6.07, 6.45) is 3.59. The number of nitrogens with one attached hydrogen (secondary N) is 1. The van der Waals surface area contributed by atoms with Crippen molar-refractivity contribution in [2.45, 2.75) is 0 Å². The van der Waals surface area contributed by atoms with Gasteiger partial charge in [-0.25, -0.2) is 0 Å². The highest BCUT2D eigenvalue weighted by atomic mass is 35.5. The molecule has 0 fully saturated rings. The van der Waals surface area contributed by atoms with Crippen LogP contribution in [0.1, 0.15) is 10.4 Å². The van der Waals surface area contributed by atoms with E-state index < -0.39 is 0 Å². The fraction of sp³-hybridized carbons (Fsp3) is 0. The van der Waals surface area contributed by atoms with Crippen molar-refractivity contribution in [3.63, 3.8) is 0 Å². The monoisotopic (exact) mass is 284 g/mol. The van der Waals surface area contributed by atoms with Gasteiger partial charge in [-0.1, -0.05) is 47.1 Å². The third-order valence-electron chi connectivity index (χ3n) is 2.98. The molecule has 0 bridgehead atoms. The first-order valence-electron chi connectivity index (χ1n) is 6.10. The van der Waals surface area contributed by atoms with Gasteiger partial charge in [-0.15, -0.1) is 5.43 Å². The minimum Gasteiger partial charge on any atom is -1.00 e. The fourth-order valence-corrected chi connectivity index (χ4v) is 2.07. The van der Waals surface area contributed by atoms with Gasteiger partial charge in [0.25, 0.3) is 0 Å². The van der Waals surface area contributed by atoms with Crippen molar-refractivity contribution < 1.29 is 21.9 Å². The van der Waals surface area contributed by atoms with Gasteiger partial charge in [0.05, 0.1) is 5.56 Å². The van der Waals surface area contributed by atoms with Crippen LogP contribution in [0.15, 0.2) is 73.1 Å². The number of hydrogen-bond acceptors (Lipinski definition) is 1. The molecule has 0 spiro atoms. The van der Waals surface area contributed by atoms with E-state index in [0.29, 0.717) is 5.56 Å². The zero-order valence-electron chi connectivity index (χ0n) is 10.7. The summed E-state index contributed by atoms with van der Waals surface area (Å²) >= 11 is 0. The molecule has 0 aliphatic rings. The topological polar surface area (TPSA) is 33.0 Å². The molecule has 0 unspecified atom stereocenters. The van der Waals surface area contributed by atoms with E-state index in [2.05, 4.69) is 5.43 Å². The van der Waals surface area contributed by atoms with Gasteiger partial charge in [0.15, 0.2) is 12.4 Å². The molecule has 1 amide bonds. The largest absolute Gasteiger partial charge is 1.00 e. The Morgan fingerprint density at radius 2 is 1.55 bits per heavy atom. The van der Waals surface area contributed by atoms with Crippen molar-refractivity contribution in [2.24, 2.45) is 0 Å². The number of amides is 1. The van der Waals surface area contributed by atoms with Crippen molar-refractivity contribution in [1.82, 2.24) is 0 Å². The number of nitrogens with zero attached hydrogens (tertiary/aromatic N) is 1. The molecule has 0 aliphatic carbocycles. The summed E-state index contributed by atoms with van der Waals surface area (Å²) in [6.45, 7) is 0. The van der Waals surface area contributed by atoms with E-state index in [4.69, 9.17) is 0 Å². The van der Waals surface area contributed by atoms with E-state index in [1.807, 2.05) is 60.7 Å². The Hall–Kier alpha value is -2.39. The number of fused-ring (bicyclic) bond motifs is 1. The van der Waals surface area contributed by atoms with Crippen LogP contribution in [0.3, 0.4) is 0 Å². The van der Waals surface area contributed by atoms with E-state index in [1.165, 1.54) is 0 Å². The number of rotatable bonds is 2. The van der Waals surface area contributed by atoms with Crippen LogP contribution in [0.5, 0.6) is 0 Å². The number of carbonyl (C=O) groups excluding carboxylic acids is 1. The van der Waals surface area contributed by atoms with Crippen LogP contribution in [0, 0.1) is 0 Å². The molecule has 1 aromatic heterocycles. The zero-order valence-corrected chi connectivity index (χ0v) is 11.4. The van der Waals surface area contributed by atoms with Gasteiger partial charge in [-0.2, -0.15) is 0 Å². The van der Waals surface area contributed by atoms with Crippen LogP contribution in [0.25, 0.3) is 10.8 Å². The molecule has 0 saturated carbocycles. The van der Waals surface area contributed by atoms with Crippen molar-refractivity contribution in [3.8, 4) is 0 Å². The highest BCUT2D eigenvalue weighted by Gasteiger charge is 2.12. The van der Waals surface area contributed by atoms with E-state index in [-0.39, 0.29) is 18.3 Å². The summed E-state index contributed by atoms with van der Waals surface area (Å²) in [5.41, 5.74) is 3.50. The molecular formula is C16H13ClN2O. The second kappa shape index (κ2) is 6.17. The quantitative estimate of drug-likeness (QED) is 0.634. The average Bonchev–Trinajstić information content (AvgIpc) is 2.47. The lowest BCUT2D eigenvalue weighted by atomic mass is 10.0. The maximum Gasteiger partial charge on any atom is 0.306 e. The second-order valence-corrected chi connectivity index (χ2v) is 4.25. The molecule has 100 valence electrons. The fourth-order valence-electron chi connectivity index (χ4n) is 2.07. The Morgan fingerprint density at radius 3 is 2.35 bits per heavy atom. The molecule has 3 rings (SSSR count). The van der Waals surface area contributed by atoms with Crippen LogP contribution in [0.2, 0.25) is 0 Å². The Bertz CT molecular complexity index is 723. The molecule has 1 N–H and O–H groups in total. The second-order valence-electron chi connectivity index (χ2n) is 4.25. The highest BCUT2D eigenvalue weighted by Crippen LogP contribution is 2.18.